The third-order valence-electron chi connectivity index (χ3n) is 6.13. The first-order valence-electron chi connectivity index (χ1n) is 7.77. The monoisotopic (exact) mass is 299 g/mol. The molecular weight excluding hydrogens is 258 g/mol. The smallest absolute Gasteiger partial charge is 0.0248 e. The third-order valence-corrected chi connectivity index (χ3v) is 6.13. The van der Waals surface area contributed by atoms with E-state index >= 15 is 0 Å². The molecule has 21 heavy (non-hydrogen) atoms. The first-order chi connectivity index (χ1) is 8.58. The molecule has 4 fully saturated rings. The Labute approximate surface area is 134 Å². The van der Waals surface area contributed by atoms with Crippen molar-refractivity contribution < 1.29 is 0 Å². The van der Waals surface area contributed by atoms with E-state index in [1.54, 1.807) is 0 Å². The first-order valence-corrected chi connectivity index (χ1v) is 7.77. The Balaban J connectivity index is 0.000000333. The van der Waals surface area contributed by atoms with Crippen LogP contribution < -0.4 is 5.73 Å². The molecule has 4 saturated heterocycles. The maximum absolute atomic E-state index is 5.87. The minimum absolute atomic E-state index is 0. The van der Waals surface area contributed by atoms with E-state index in [0.717, 1.165) is 30.1 Å². The van der Waals surface area contributed by atoms with Gasteiger partial charge in [0, 0.05) is 30.2 Å². The highest BCUT2D eigenvalue weighted by atomic mass is 15.2. The highest BCUT2D eigenvalue weighted by molar-refractivity contribution is 5.00. The van der Waals surface area contributed by atoms with Crippen molar-refractivity contribution in [2.45, 2.75) is 97.9 Å². The summed E-state index contributed by atoms with van der Waals surface area (Å²) in [5.41, 5.74) is 5.87. The van der Waals surface area contributed by atoms with Crippen LogP contribution in [0.25, 0.3) is 0 Å². The molecule has 0 aromatic heterocycles. The van der Waals surface area contributed by atoms with Gasteiger partial charge in [-0.25, -0.2) is 0 Å². The summed E-state index contributed by atoms with van der Waals surface area (Å²) in [5, 5.41) is 0. The molecule has 3 nitrogen and oxygen atoms in total. The summed E-state index contributed by atoms with van der Waals surface area (Å²) in [5.74, 6) is 0.980. The number of hydrogen-bond acceptors (Lipinski definition) is 3. The van der Waals surface area contributed by atoms with Gasteiger partial charge in [0.05, 0.1) is 0 Å². The van der Waals surface area contributed by atoms with E-state index in [1.807, 2.05) is 0 Å². The van der Waals surface area contributed by atoms with Crippen LogP contribution in [-0.4, -0.2) is 54.1 Å². The van der Waals surface area contributed by atoms with Crippen LogP contribution >= 0.6 is 0 Å². The Morgan fingerprint density at radius 2 is 1.24 bits per heavy atom. The Hall–Kier alpha value is -0.120. The third kappa shape index (κ3) is 3.62. The lowest BCUT2D eigenvalue weighted by atomic mass is 9.91. The molecule has 2 N–H and O–H groups in total. The van der Waals surface area contributed by atoms with Crippen LogP contribution in [0.4, 0.5) is 0 Å². The molecule has 4 heterocycles. The van der Waals surface area contributed by atoms with E-state index in [-0.39, 0.29) is 22.3 Å². The molecule has 0 saturated carbocycles. The summed E-state index contributed by atoms with van der Waals surface area (Å²) in [6.07, 6.45) is 8.34. The number of rotatable bonds is 0. The van der Waals surface area contributed by atoms with Gasteiger partial charge in [-0.05, 0) is 58.5 Å². The van der Waals surface area contributed by atoms with E-state index in [0.29, 0.717) is 6.04 Å². The normalized spacial score (nSPS) is 43.4. The molecular formula is C18H41N3. The van der Waals surface area contributed by atoms with Crippen LogP contribution in [0.2, 0.25) is 0 Å². The molecule has 0 spiro atoms. The summed E-state index contributed by atoms with van der Waals surface area (Å²) in [6.45, 7) is 2.39. The van der Waals surface area contributed by atoms with E-state index in [1.165, 1.54) is 38.5 Å². The molecule has 3 heteroatoms. The summed E-state index contributed by atoms with van der Waals surface area (Å²) in [6, 6.07) is 3.91. The van der Waals surface area contributed by atoms with Gasteiger partial charge in [0.1, 0.15) is 0 Å². The van der Waals surface area contributed by atoms with Crippen molar-refractivity contribution >= 4 is 0 Å². The minimum Gasteiger partial charge on any atom is -0.326 e. The lowest BCUT2D eigenvalue weighted by molar-refractivity contribution is 0.296. The standard InChI is InChI=1S/C8H15N.C7H14N2.3CH4/c1-6-5-7-3-4-8(6)9(7)2;1-9-5-2-3-7(9)6(8)4-5;;;/h6-8H,3-5H2,1-2H3;5-7H,2-4,8H2,1H3;3*1H4/t6-,7+,8-;5-,6+,7+;;;/m11.../s1. The van der Waals surface area contributed by atoms with Crippen molar-refractivity contribution in [3.8, 4) is 0 Å². The van der Waals surface area contributed by atoms with Gasteiger partial charge in [0.2, 0.25) is 0 Å². The fourth-order valence-corrected chi connectivity index (χ4v) is 4.91. The van der Waals surface area contributed by atoms with Crippen molar-refractivity contribution in [3.63, 3.8) is 0 Å². The Morgan fingerprint density at radius 1 is 0.762 bits per heavy atom. The molecule has 4 aliphatic rings. The molecule has 128 valence electrons. The predicted octanol–water partition coefficient (Wildman–Crippen LogP) is 3.58. The molecule has 0 aliphatic carbocycles. The summed E-state index contributed by atoms with van der Waals surface area (Å²) in [7, 11) is 4.49. The van der Waals surface area contributed by atoms with Crippen LogP contribution in [0.15, 0.2) is 0 Å². The first kappa shape index (κ1) is 20.9. The molecule has 0 amide bonds. The average molecular weight is 300 g/mol. The van der Waals surface area contributed by atoms with Crippen molar-refractivity contribution in [2.75, 3.05) is 14.1 Å². The van der Waals surface area contributed by atoms with Crippen LogP contribution in [0.3, 0.4) is 0 Å². The van der Waals surface area contributed by atoms with Gasteiger partial charge in [-0.3, -0.25) is 4.90 Å². The quantitative estimate of drug-likeness (QED) is 0.742. The molecule has 4 aliphatic heterocycles. The van der Waals surface area contributed by atoms with Gasteiger partial charge in [-0.2, -0.15) is 0 Å². The lowest BCUT2D eigenvalue weighted by Gasteiger charge is -2.16. The van der Waals surface area contributed by atoms with E-state index in [4.69, 9.17) is 5.73 Å². The van der Waals surface area contributed by atoms with Crippen molar-refractivity contribution in [1.29, 1.82) is 0 Å². The molecule has 0 radical (unpaired) electrons. The number of nitrogens with zero attached hydrogens (tertiary/aromatic N) is 2. The van der Waals surface area contributed by atoms with Gasteiger partial charge in [-0.1, -0.05) is 29.2 Å². The fraction of sp³-hybridized carbons (Fsp3) is 1.00. The Kier molecular flexibility index (Phi) is 7.89. The zero-order valence-corrected chi connectivity index (χ0v) is 12.2. The van der Waals surface area contributed by atoms with E-state index < -0.39 is 0 Å². The minimum atomic E-state index is 0. The lowest BCUT2D eigenvalue weighted by Crippen LogP contribution is -2.34. The summed E-state index contributed by atoms with van der Waals surface area (Å²) in [4.78, 5) is 5.02. The van der Waals surface area contributed by atoms with Gasteiger partial charge in [-0.15, -0.1) is 0 Å². The maximum atomic E-state index is 5.87. The highest BCUT2D eigenvalue weighted by Gasteiger charge is 2.42. The number of fused-ring (bicyclic) bond motifs is 4. The average Bonchev–Trinajstić information content (AvgIpc) is 3.02. The highest BCUT2D eigenvalue weighted by Crippen LogP contribution is 2.39. The molecule has 0 unspecified atom stereocenters. The van der Waals surface area contributed by atoms with Crippen molar-refractivity contribution in [2.24, 2.45) is 11.7 Å². The second-order valence-corrected chi connectivity index (χ2v) is 7.04. The maximum Gasteiger partial charge on any atom is 0.0248 e. The van der Waals surface area contributed by atoms with Gasteiger partial charge < -0.3 is 10.6 Å². The van der Waals surface area contributed by atoms with E-state index in [2.05, 4.69) is 30.8 Å². The summed E-state index contributed by atoms with van der Waals surface area (Å²) >= 11 is 0. The zero-order valence-electron chi connectivity index (χ0n) is 12.2. The van der Waals surface area contributed by atoms with Crippen LogP contribution in [0.1, 0.15) is 67.7 Å². The van der Waals surface area contributed by atoms with Gasteiger partial charge in [0.25, 0.3) is 0 Å². The fourth-order valence-electron chi connectivity index (χ4n) is 4.91. The molecule has 0 aromatic rings. The Morgan fingerprint density at radius 3 is 1.38 bits per heavy atom. The summed E-state index contributed by atoms with van der Waals surface area (Å²) < 4.78 is 0. The molecule has 4 bridgehead atoms. The molecule has 0 aromatic carbocycles. The van der Waals surface area contributed by atoms with Crippen molar-refractivity contribution in [1.82, 2.24) is 9.80 Å². The number of nitrogens with two attached hydrogens (primary N) is 1. The largest absolute Gasteiger partial charge is 0.326 e. The second-order valence-electron chi connectivity index (χ2n) is 7.04. The van der Waals surface area contributed by atoms with Gasteiger partial charge >= 0.3 is 0 Å². The van der Waals surface area contributed by atoms with Crippen LogP contribution in [-0.2, 0) is 0 Å². The zero-order chi connectivity index (χ0) is 12.9. The van der Waals surface area contributed by atoms with Crippen LogP contribution in [0, 0.1) is 5.92 Å². The SMILES string of the molecule is C.C.C.CN1[C@@H]2CC[C@H]1[C@@H](N)C2.C[C@@H]1C[C@@H]2CC[C@H]1N2C. The molecule has 6 atom stereocenters. The van der Waals surface area contributed by atoms with Crippen molar-refractivity contribution in [3.05, 3.63) is 0 Å². The van der Waals surface area contributed by atoms with Crippen LogP contribution in [0.5, 0.6) is 0 Å². The topological polar surface area (TPSA) is 32.5 Å². The number of likely N-dealkylation sites (N-methyl/N-ethyl adjacent to an activating group) is 1. The Bertz CT molecular complexity index is 277. The number of hydrogen-bond donors (Lipinski definition) is 1. The second kappa shape index (κ2) is 7.94. The molecule has 4 rings (SSSR count). The predicted molar refractivity (Wildman–Crippen MR) is 95.7 cm³/mol. The van der Waals surface area contributed by atoms with Gasteiger partial charge in [0.15, 0.2) is 0 Å². The van der Waals surface area contributed by atoms with E-state index in [9.17, 15) is 0 Å².